The minimum absolute atomic E-state index is 0.00324. The molecule has 0 atom stereocenters. The number of rotatable bonds is 10. The van der Waals surface area contributed by atoms with Crippen LogP contribution in [0.1, 0.15) is 34.2 Å². The van der Waals surface area contributed by atoms with Gasteiger partial charge in [-0.25, -0.2) is 13.2 Å². The molecule has 1 heterocycles. The average Bonchev–Trinajstić information content (AvgIpc) is 3.23. The second-order valence-corrected chi connectivity index (χ2v) is 10.6. The van der Waals surface area contributed by atoms with Gasteiger partial charge in [0.05, 0.1) is 11.5 Å². The molecule has 3 aromatic carbocycles. The molecule has 0 N–H and O–H groups in total. The number of aryl methyl sites for hydroxylation is 1. The maximum atomic E-state index is 13.8. The van der Waals surface area contributed by atoms with Gasteiger partial charge in [0.15, 0.2) is 0 Å². The fourth-order valence-electron chi connectivity index (χ4n) is 4.08. The van der Waals surface area contributed by atoms with Crippen LogP contribution in [-0.2, 0) is 27.7 Å². The van der Waals surface area contributed by atoms with Gasteiger partial charge in [-0.2, -0.15) is 4.31 Å². The smallest absolute Gasteiger partial charge is 0.460 e. The summed E-state index contributed by atoms with van der Waals surface area (Å²) in [6.07, 6.45) is -4.42. The van der Waals surface area contributed by atoms with Gasteiger partial charge in [0.1, 0.15) is 11.3 Å². The molecular formula is C28H26F3NO6S. The highest BCUT2D eigenvalue weighted by Gasteiger charge is 2.31. The lowest BCUT2D eigenvalue weighted by molar-refractivity contribution is -0.274. The summed E-state index contributed by atoms with van der Waals surface area (Å²) in [5.41, 5.74) is 2.19. The highest BCUT2D eigenvalue weighted by Crippen LogP contribution is 2.30. The summed E-state index contributed by atoms with van der Waals surface area (Å²) in [6.45, 7) is 3.50. The molecule has 0 aliphatic heterocycles. The molecule has 39 heavy (non-hydrogen) atoms. The number of hydrogen-bond donors (Lipinski definition) is 0. The van der Waals surface area contributed by atoms with Gasteiger partial charge in [-0.1, -0.05) is 42.5 Å². The zero-order chi connectivity index (χ0) is 28.2. The molecule has 0 spiro atoms. The molecule has 0 bridgehead atoms. The van der Waals surface area contributed by atoms with Crippen LogP contribution in [0.25, 0.3) is 11.0 Å². The van der Waals surface area contributed by atoms with Gasteiger partial charge in [0.25, 0.3) is 0 Å². The Labute approximate surface area is 223 Å². The van der Waals surface area contributed by atoms with Crippen LogP contribution in [-0.4, -0.2) is 38.2 Å². The molecule has 0 amide bonds. The van der Waals surface area contributed by atoms with Gasteiger partial charge >= 0.3 is 12.3 Å². The van der Waals surface area contributed by atoms with E-state index in [0.29, 0.717) is 28.5 Å². The average molecular weight is 562 g/mol. The van der Waals surface area contributed by atoms with E-state index in [9.17, 15) is 26.4 Å². The van der Waals surface area contributed by atoms with Gasteiger partial charge < -0.3 is 13.9 Å². The zero-order valence-electron chi connectivity index (χ0n) is 21.2. The molecule has 0 aliphatic carbocycles. The van der Waals surface area contributed by atoms with Crippen molar-refractivity contribution in [2.24, 2.45) is 0 Å². The monoisotopic (exact) mass is 561 g/mol. The molecule has 4 rings (SSSR count). The van der Waals surface area contributed by atoms with E-state index in [1.54, 1.807) is 13.8 Å². The number of carbonyl (C=O) groups is 1. The molecule has 0 saturated heterocycles. The standard InChI is InChI=1S/C28H26F3NO6S/c1-3-36-27(33)26-19(2)24-17-23(13-14-25(24)37-26)39(34,35)32(16-15-20-7-5-4-6-8-20)18-21-9-11-22(12-10-21)38-28(29,30)31/h4-14,17H,3,15-16,18H2,1-2H3. The van der Waals surface area contributed by atoms with Crippen molar-refractivity contribution in [3.05, 3.63) is 95.2 Å². The minimum atomic E-state index is -4.83. The van der Waals surface area contributed by atoms with Crippen molar-refractivity contribution in [3.63, 3.8) is 0 Å². The Morgan fingerprint density at radius 3 is 2.31 bits per heavy atom. The third kappa shape index (κ3) is 6.79. The normalized spacial score (nSPS) is 12.2. The summed E-state index contributed by atoms with van der Waals surface area (Å²) >= 11 is 0. The van der Waals surface area contributed by atoms with Crippen LogP contribution in [0.15, 0.2) is 82.1 Å². The fourth-order valence-corrected chi connectivity index (χ4v) is 5.54. The lowest BCUT2D eigenvalue weighted by Crippen LogP contribution is -2.32. The van der Waals surface area contributed by atoms with Crippen LogP contribution in [0, 0.1) is 6.92 Å². The number of benzene rings is 3. The lowest BCUT2D eigenvalue weighted by atomic mass is 10.1. The fraction of sp³-hybridized carbons (Fsp3) is 0.250. The van der Waals surface area contributed by atoms with Crippen molar-refractivity contribution in [2.75, 3.05) is 13.2 Å². The molecule has 0 radical (unpaired) electrons. The number of carbonyl (C=O) groups excluding carboxylic acids is 1. The number of esters is 1. The molecular weight excluding hydrogens is 535 g/mol. The quantitative estimate of drug-likeness (QED) is 0.213. The summed E-state index contributed by atoms with van der Waals surface area (Å²) < 4.78 is 81.1. The molecule has 1 aromatic heterocycles. The summed E-state index contributed by atoms with van der Waals surface area (Å²) in [5.74, 6) is -1.04. The van der Waals surface area contributed by atoms with Crippen molar-refractivity contribution in [1.29, 1.82) is 0 Å². The van der Waals surface area contributed by atoms with Crippen molar-refractivity contribution < 1.29 is 40.3 Å². The molecule has 0 aliphatic rings. The maximum absolute atomic E-state index is 13.8. The molecule has 0 saturated carbocycles. The Kier molecular flexibility index (Phi) is 8.31. The van der Waals surface area contributed by atoms with Crippen LogP contribution < -0.4 is 4.74 Å². The molecule has 0 fully saturated rings. The highest BCUT2D eigenvalue weighted by atomic mass is 32.2. The second-order valence-electron chi connectivity index (χ2n) is 8.70. The van der Waals surface area contributed by atoms with E-state index in [-0.39, 0.29) is 30.4 Å². The number of halogens is 3. The lowest BCUT2D eigenvalue weighted by Gasteiger charge is -2.23. The Morgan fingerprint density at radius 2 is 1.67 bits per heavy atom. The SMILES string of the molecule is CCOC(=O)c1oc2ccc(S(=O)(=O)N(CCc3ccccc3)Cc3ccc(OC(F)(F)F)cc3)cc2c1C. The highest BCUT2D eigenvalue weighted by molar-refractivity contribution is 7.89. The van der Waals surface area contributed by atoms with Gasteiger partial charge in [-0.3, -0.25) is 0 Å². The number of alkyl halides is 3. The van der Waals surface area contributed by atoms with E-state index in [1.165, 1.54) is 34.6 Å². The van der Waals surface area contributed by atoms with Crippen LogP contribution in [0.3, 0.4) is 0 Å². The first kappa shape index (κ1) is 28.2. The number of fused-ring (bicyclic) bond motifs is 1. The van der Waals surface area contributed by atoms with Crippen LogP contribution in [0.5, 0.6) is 5.75 Å². The van der Waals surface area contributed by atoms with Gasteiger partial charge in [0.2, 0.25) is 15.8 Å². The topological polar surface area (TPSA) is 86.0 Å². The minimum Gasteiger partial charge on any atom is -0.460 e. The first-order chi connectivity index (χ1) is 18.5. The van der Waals surface area contributed by atoms with Crippen LogP contribution >= 0.6 is 0 Å². The Balaban J connectivity index is 1.66. The van der Waals surface area contributed by atoms with E-state index in [1.807, 2.05) is 30.3 Å². The Hall–Kier alpha value is -3.83. The third-order valence-electron chi connectivity index (χ3n) is 6.01. The molecule has 11 heteroatoms. The summed E-state index contributed by atoms with van der Waals surface area (Å²) in [6, 6.07) is 18.7. The number of hydrogen-bond acceptors (Lipinski definition) is 6. The summed E-state index contributed by atoms with van der Waals surface area (Å²) in [5, 5.41) is 0.454. The van der Waals surface area contributed by atoms with Crippen LogP contribution in [0.4, 0.5) is 13.2 Å². The number of sulfonamides is 1. The Morgan fingerprint density at radius 1 is 0.974 bits per heavy atom. The maximum Gasteiger partial charge on any atom is 0.573 e. The largest absolute Gasteiger partial charge is 0.573 e. The molecule has 7 nitrogen and oxygen atoms in total. The predicted molar refractivity (Wildman–Crippen MR) is 138 cm³/mol. The third-order valence-corrected chi connectivity index (χ3v) is 7.86. The van der Waals surface area contributed by atoms with E-state index >= 15 is 0 Å². The first-order valence-electron chi connectivity index (χ1n) is 12.1. The summed E-state index contributed by atoms with van der Waals surface area (Å²) in [4.78, 5) is 12.2. The molecule has 0 unspecified atom stereocenters. The van der Waals surface area contributed by atoms with E-state index in [2.05, 4.69) is 4.74 Å². The van der Waals surface area contributed by atoms with Crippen molar-refractivity contribution in [3.8, 4) is 5.75 Å². The number of ether oxygens (including phenoxy) is 2. The van der Waals surface area contributed by atoms with E-state index in [0.717, 1.165) is 17.7 Å². The van der Waals surface area contributed by atoms with E-state index < -0.39 is 28.1 Å². The molecule has 4 aromatic rings. The second kappa shape index (κ2) is 11.5. The first-order valence-corrected chi connectivity index (χ1v) is 13.5. The Bertz CT molecular complexity index is 1550. The number of furan rings is 1. The van der Waals surface area contributed by atoms with Crippen molar-refractivity contribution >= 4 is 27.0 Å². The van der Waals surface area contributed by atoms with Gasteiger partial charge in [-0.15, -0.1) is 13.2 Å². The van der Waals surface area contributed by atoms with Crippen LogP contribution in [0.2, 0.25) is 0 Å². The van der Waals surface area contributed by atoms with Gasteiger partial charge in [-0.05, 0) is 61.7 Å². The predicted octanol–water partition coefficient (Wildman–Crippen LogP) is 6.25. The zero-order valence-corrected chi connectivity index (χ0v) is 22.0. The van der Waals surface area contributed by atoms with Crippen molar-refractivity contribution in [1.82, 2.24) is 4.31 Å². The number of nitrogens with zero attached hydrogens (tertiary/aromatic N) is 1. The van der Waals surface area contributed by atoms with E-state index in [4.69, 9.17) is 9.15 Å². The van der Waals surface area contributed by atoms with Gasteiger partial charge in [0, 0.05) is 24.0 Å². The summed E-state index contributed by atoms with van der Waals surface area (Å²) in [7, 11) is -4.07. The van der Waals surface area contributed by atoms with Crippen molar-refractivity contribution in [2.45, 2.75) is 38.1 Å². The molecule has 206 valence electrons.